The molecule has 4 nitrogen and oxygen atoms in total. The molecule has 0 radical (unpaired) electrons. The first kappa shape index (κ1) is 11.0. The van der Waals surface area contributed by atoms with Crippen molar-refractivity contribution in [1.82, 2.24) is 15.5 Å². The Labute approximate surface area is 94.2 Å². The van der Waals surface area contributed by atoms with Gasteiger partial charge >= 0.3 is 0 Å². The Bertz CT molecular complexity index is 289. The molecule has 15 heavy (non-hydrogen) atoms. The maximum Gasteiger partial charge on any atom is 0.233 e. The van der Waals surface area contributed by atoms with E-state index in [2.05, 4.69) is 22.4 Å². The second-order valence-corrected chi connectivity index (χ2v) is 4.94. The van der Waals surface area contributed by atoms with Gasteiger partial charge in [0.25, 0.3) is 0 Å². The van der Waals surface area contributed by atoms with Crippen LogP contribution in [0, 0.1) is 0 Å². The molecular weight excluding hydrogens is 210 g/mol. The molecule has 1 fully saturated rings. The van der Waals surface area contributed by atoms with Crippen molar-refractivity contribution in [3.05, 3.63) is 11.8 Å². The van der Waals surface area contributed by atoms with Gasteiger partial charge in [-0.25, -0.2) is 0 Å². The maximum atomic E-state index is 5.71. The highest BCUT2D eigenvalue weighted by atomic mass is 32.2. The number of thioether (sulfide) groups is 1. The molecule has 0 spiro atoms. The fourth-order valence-corrected chi connectivity index (χ4v) is 3.00. The highest BCUT2D eigenvalue weighted by Gasteiger charge is 2.24. The second-order valence-electron chi connectivity index (χ2n) is 3.79. The number of hydrogen-bond acceptors (Lipinski definition) is 5. The summed E-state index contributed by atoms with van der Waals surface area (Å²) in [5, 5.41) is 11.4. The van der Waals surface area contributed by atoms with Gasteiger partial charge in [0, 0.05) is 11.7 Å². The normalized spacial score (nSPS) is 23.2. The summed E-state index contributed by atoms with van der Waals surface area (Å²) < 4.78 is 5.71. The summed E-state index contributed by atoms with van der Waals surface area (Å²) in [6.07, 6.45) is 2.14. The molecule has 2 rings (SSSR count). The van der Waals surface area contributed by atoms with Gasteiger partial charge in [0.15, 0.2) is 0 Å². The minimum absolute atomic E-state index is 0.195. The number of nitrogens with zero attached hydrogens (tertiary/aromatic N) is 2. The van der Waals surface area contributed by atoms with Crippen molar-refractivity contribution < 1.29 is 4.42 Å². The van der Waals surface area contributed by atoms with Gasteiger partial charge in [-0.1, -0.05) is 6.92 Å². The monoisotopic (exact) mass is 227 g/mol. The summed E-state index contributed by atoms with van der Waals surface area (Å²) in [5.74, 6) is 4.37. The van der Waals surface area contributed by atoms with E-state index in [1.165, 1.54) is 12.2 Å². The lowest BCUT2D eigenvalue weighted by molar-refractivity contribution is 0.374. The topological polar surface area (TPSA) is 51.0 Å². The molecule has 2 heterocycles. The zero-order valence-electron chi connectivity index (χ0n) is 9.19. The molecule has 2 atom stereocenters. The lowest BCUT2D eigenvalue weighted by Gasteiger charge is -2.07. The Kier molecular flexibility index (Phi) is 3.64. The van der Waals surface area contributed by atoms with E-state index < -0.39 is 0 Å². The van der Waals surface area contributed by atoms with Crippen LogP contribution in [0.5, 0.6) is 0 Å². The van der Waals surface area contributed by atoms with Crippen molar-refractivity contribution in [3.63, 3.8) is 0 Å². The predicted molar refractivity (Wildman–Crippen MR) is 61.1 cm³/mol. The summed E-state index contributed by atoms with van der Waals surface area (Å²) in [6, 6.07) is 0.195. The molecule has 1 aliphatic rings. The third kappa shape index (κ3) is 2.34. The standard InChI is InChI=1S/C10H17N3OS/c1-3-8(11-2)10-13-12-9(14-10)7-4-5-15-6-7/h7-8,11H,3-6H2,1-2H3. The number of hydrogen-bond donors (Lipinski definition) is 1. The van der Waals surface area contributed by atoms with E-state index in [0.717, 1.165) is 24.0 Å². The lowest BCUT2D eigenvalue weighted by Crippen LogP contribution is -2.15. The number of nitrogens with one attached hydrogen (secondary N) is 1. The highest BCUT2D eigenvalue weighted by molar-refractivity contribution is 7.99. The quantitative estimate of drug-likeness (QED) is 0.852. The van der Waals surface area contributed by atoms with Crippen molar-refractivity contribution in [2.24, 2.45) is 0 Å². The van der Waals surface area contributed by atoms with Gasteiger partial charge in [-0.15, -0.1) is 10.2 Å². The third-order valence-corrected chi connectivity index (χ3v) is 3.95. The molecule has 1 N–H and O–H groups in total. The molecule has 1 saturated heterocycles. The van der Waals surface area contributed by atoms with Crippen molar-refractivity contribution in [1.29, 1.82) is 0 Å². The molecule has 5 heteroatoms. The fourth-order valence-electron chi connectivity index (χ4n) is 1.78. The number of rotatable bonds is 4. The van der Waals surface area contributed by atoms with Gasteiger partial charge in [0.1, 0.15) is 0 Å². The molecule has 0 aromatic carbocycles. The smallest absolute Gasteiger partial charge is 0.233 e. The number of aromatic nitrogens is 2. The molecule has 2 unspecified atom stereocenters. The molecule has 0 saturated carbocycles. The molecule has 1 aromatic rings. The lowest BCUT2D eigenvalue weighted by atomic mass is 10.1. The van der Waals surface area contributed by atoms with Crippen molar-refractivity contribution in [2.75, 3.05) is 18.6 Å². The Morgan fingerprint density at radius 3 is 3.07 bits per heavy atom. The van der Waals surface area contributed by atoms with E-state index in [0.29, 0.717) is 5.92 Å². The molecule has 1 aromatic heterocycles. The van der Waals surface area contributed by atoms with Gasteiger partial charge in [0.2, 0.25) is 11.8 Å². The largest absolute Gasteiger partial charge is 0.423 e. The fraction of sp³-hybridized carbons (Fsp3) is 0.800. The van der Waals surface area contributed by atoms with Crippen LogP contribution in [0.2, 0.25) is 0 Å². The summed E-state index contributed by atoms with van der Waals surface area (Å²) in [6.45, 7) is 2.11. The third-order valence-electron chi connectivity index (χ3n) is 2.79. The zero-order chi connectivity index (χ0) is 10.7. The summed E-state index contributed by atoms with van der Waals surface area (Å²) in [5.41, 5.74) is 0. The maximum absolute atomic E-state index is 5.71. The molecular formula is C10H17N3OS. The first-order valence-electron chi connectivity index (χ1n) is 5.43. The summed E-state index contributed by atoms with van der Waals surface area (Å²) in [4.78, 5) is 0. The van der Waals surface area contributed by atoms with Crippen molar-refractivity contribution in [3.8, 4) is 0 Å². The Morgan fingerprint density at radius 2 is 2.47 bits per heavy atom. The Balaban J connectivity index is 2.08. The molecule has 1 aliphatic heterocycles. The average Bonchev–Trinajstić information content (AvgIpc) is 2.89. The first-order chi connectivity index (χ1) is 7.35. The van der Waals surface area contributed by atoms with Crippen LogP contribution in [0.3, 0.4) is 0 Å². The van der Waals surface area contributed by atoms with Crippen LogP contribution < -0.4 is 5.32 Å². The Hall–Kier alpha value is -0.550. The Morgan fingerprint density at radius 1 is 1.60 bits per heavy atom. The van der Waals surface area contributed by atoms with Gasteiger partial charge < -0.3 is 9.73 Å². The van der Waals surface area contributed by atoms with E-state index >= 15 is 0 Å². The molecule has 0 amide bonds. The molecule has 84 valence electrons. The predicted octanol–water partition coefficient (Wildman–Crippen LogP) is 1.96. The average molecular weight is 227 g/mol. The van der Waals surface area contributed by atoms with Crippen LogP contribution in [0.15, 0.2) is 4.42 Å². The SMILES string of the molecule is CCC(NC)c1nnc(C2CCSC2)o1. The summed E-state index contributed by atoms with van der Waals surface area (Å²) in [7, 11) is 1.92. The second kappa shape index (κ2) is 4.99. The molecule has 0 aliphatic carbocycles. The van der Waals surface area contributed by atoms with Crippen molar-refractivity contribution in [2.45, 2.75) is 31.7 Å². The summed E-state index contributed by atoms with van der Waals surface area (Å²) >= 11 is 1.96. The van der Waals surface area contributed by atoms with E-state index in [1.54, 1.807) is 0 Å². The van der Waals surface area contributed by atoms with Gasteiger partial charge in [-0.2, -0.15) is 11.8 Å². The van der Waals surface area contributed by atoms with Crippen LogP contribution in [0.25, 0.3) is 0 Å². The minimum Gasteiger partial charge on any atom is -0.423 e. The van der Waals surface area contributed by atoms with E-state index in [-0.39, 0.29) is 6.04 Å². The van der Waals surface area contributed by atoms with E-state index in [9.17, 15) is 0 Å². The minimum atomic E-state index is 0.195. The van der Waals surface area contributed by atoms with Crippen LogP contribution in [0.1, 0.15) is 43.5 Å². The van der Waals surface area contributed by atoms with Crippen LogP contribution in [-0.4, -0.2) is 28.8 Å². The van der Waals surface area contributed by atoms with Gasteiger partial charge in [-0.3, -0.25) is 0 Å². The van der Waals surface area contributed by atoms with E-state index in [4.69, 9.17) is 4.42 Å². The van der Waals surface area contributed by atoms with Gasteiger partial charge in [-0.05, 0) is 25.6 Å². The first-order valence-corrected chi connectivity index (χ1v) is 6.59. The van der Waals surface area contributed by atoms with Crippen LogP contribution in [0.4, 0.5) is 0 Å². The zero-order valence-corrected chi connectivity index (χ0v) is 10.0. The van der Waals surface area contributed by atoms with Crippen molar-refractivity contribution >= 4 is 11.8 Å². The van der Waals surface area contributed by atoms with Crippen LogP contribution >= 0.6 is 11.8 Å². The van der Waals surface area contributed by atoms with Crippen LogP contribution in [-0.2, 0) is 0 Å². The van der Waals surface area contributed by atoms with Gasteiger partial charge in [0.05, 0.1) is 6.04 Å². The molecule has 0 bridgehead atoms. The highest BCUT2D eigenvalue weighted by Crippen LogP contribution is 2.32. The van der Waals surface area contributed by atoms with E-state index in [1.807, 2.05) is 18.8 Å².